The number of imidazole rings is 1. The Kier molecular flexibility index (Phi) is 6.56. The molecule has 1 heterocycles. The number of aromatic amines is 1. The highest BCUT2D eigenvalue weighted by Crippen LogP contribution is 2.48. The first-order valence-corrected chi connectivity index (χ1v) is 10.6. The number of nitrogens with zero attached hydrogens (tertiary/aromatic N) is 1. The van der Waals surface area contributed by atoms with Crippen molar-refractivity contribution in [2.24, 2.45) is 5.92 Å². The molecule has 3 aromatic rings. The van der Waals surface area contributed by atoms with Gasteiger partial charge in [-0.2, -0.15) is 13.2 Å². The summed E-state index contributed by atoms with van der Waals surface area (Å²) in [7, 11) is 1.32. The molecule has 1 saturated carbocycles. The maximum atomic E-state index is 13.5. The number of hydrogen-bond acceptors (Lipinski definition) is 4. The Hall–Kier alpha value is -3.47. The van der Waals surface area contributed by atoms with Crippen LogP contribution in [0.25, 0.3) is 11.0 Å². The van der Waals surface area contributed by atoms with E-state index in [1.54, 1.807) is 0 Å². The van der Waals surface area contributed by atoms with Crippen LogP contribution in [-0.2, 0) is 20.5 Å². The average Bonchev–Trinajstić information content (AvgIpc) is 3.39. The number of benzene rings is 2. The molecule has 2 aromatic carbocycles. The van der Waals surface area contributed by atoms with E-state index in [4.69, 9.17) is 4.74 Å². The lowest BCUT2D eigenvalue weighted by molar-refractivity contribution is -0.140. The number of hydrogen-bond donors (Lipinski definition) is 3. The summed E-state index contributed by atoms with van der Waals surface area (Å²) in [6, 6.07) is 8.60. The molecule has 1 aliphatic carbocycles. The van der Waals surface area contributed by atoms with Crippen molar-refractivity contribution in [1.29, 1.82) is 0 Å². The van der Waals surface area contributed by atoms with Crippen LogP contribution < -0.4 is 10.6 Å². The Balaban J connectivity index is 1.35. The van der Waals surface area contributed by atoms with Crippen molar-refractivity contribution in [3.63, 3.8) is 0 Å². The van der Waals surface area contributed by atoms with Gasteiger partial charge < -0.3 is 20.4 Å². The van der Waals surface area contributed by atoms with E-state index in [1.165, 1.54) is 7.11 Å². The second-order valence-electron chi connectivity index (χ2n) is 8.20. The van der Waals surface area contributed by atoms with Gasteiger partial charge in [-0.25, -0.2) is 9.37 Å². The standard InChI is InChI=1S/C23H22F4N4O3/c1-34-11-19(22(33)28-13-6-7-16(24)15(10-13)23(25,26)27)29-20(32)9-12-8-14(12)21-30-17-4-2-3-5-18(17)31-21/h2-7,10,12,14,19H,8-9,11H2,1H3,(H,28,33)(H,29,32)(H,30,31)/t12-,14-,19+/m0/s1. The predicted octanol–water partition coefficient (Wildman–Crippen LogP) is 3.98. The molecule has 0 spiro atoms. The Morgan fingerprint density at radius 2 is 2.00 bits per heavy atom. The van der Waals surface area contributed by atoms with Gasteiger partial charge in [0.05, 0.1) is 23.2 Å². The zero-order valence-electron chi connectivity index (χ0n) is 18.1. The summed E-state index contributed by atoms with van der Waals surface area (Å²) in [5, 5.41) is 4.84. The summed E-state index contributed by atoms with van der Waals surface area (Å²) in [6.07, 6.45) is -3.99. The number of halogens is 4. The highest BCUT2D eigenvalue weighted by molar-refractivity contribution is 5.97. The van der Waals surface area contributed by atoms with Gasteiger partial charge in [-0.15, -0.1) is 0 Å². The van der Waals surface area contributed by atoms with E-state index >= 15 is 0 Å². The average molecular weight is 478 g/mol. The molecule has 11 heteroatoms. The van der Waals surface area contributed by atoms with Gasteiger partial charge in [0.2, 0.25) is 11.8 Å². The van der Waals surface area contributed by atoms with E-state index in [2.05, 4.69) is 20.6 Å². The molecule has 0 radical (unpaired) electrons. The van der Waals surface area contributed by atoms with Gasteiger partial charge in [0.25, 0.3) is 0 Å². The molecule has 0 aliphatic heterocycles. The molecule has 7 nitrogen and oxygen atoms in total. The summed E-state index contributed by atoms with van der Waals surface area (Å²) >= 11 is 0. The van der Waals surface area contributed by atoms with E-state index in [-0.39, 0.29) is 30.6 Å². The van der Waals surface area contributed by atoms with Crippen LogP contribution in [0.5, 0.6) is 0 Å². The minimum Gasteiger partial charge on any atom is -0.382 e. The SMILES string of the molecule is COC[C@@H](NC(=O)C[C@@H]1C[C@@H]1c1nc2ccccc2[nH]1)C(=O)Nc1ccc(F)c(C(F)(F)F)c1. The summed E-state index contributed by atoms with van der Waals surface area (Å²) < 4.78 is 57.2. The van der Waals surface area contributed by atoms with Gasteiger partial charge in [-0.05, 0) is 42.7 Å². The third-order valence-electron chi connectivity index (χ3n) is 5.65. The zero-order chi connectivity index (χ0) is 24.5. The largest absolute Gasteiger partial charge is 0.419 e. The van der Waals surface area contributed by atoms with Crippen molar-refractivity contribution in [2.45, 2.75) is 31.0 Å². The first kappa shape index (κ1) is 23.7. The highest BCUT2D eigenvalue weighted by atomic mass is 19.4. The first-order chi connectivity index (χ1) is 16.2. The lowest BCUT2D eigenvalue weighted by Gasteiger charge is -2.18. The second-order valence-corrected chi connectivity index (χ2v) is 8.20. The molecule has 180 valence electrons. The lowest BCUT2D eigenvalue weighted by Crippen LogP contribution is -2.46. The molecule has 3 N–H and O–H groups in total. The Labute approximate surface area is 191 Å². The minimum atomic E-state index is -4.91. The van der Waals surface area contributed by atoms with Crippen LogP contribution in [0.3, 0.4) is 0 Å². The molecule has 0 unspecified atom stereocenters. The van der Waals surface area contributed by atoms with E-state index in [9.17, 15) is 27.2 Å². The van der Waals surface area contributed by atoms with Gasteiger partial charge in [0, 0.05) is 25.1 Å². The number of nitrogens with one attached hydrogen (secondary N) is 3. The number of carbonyl (C=O) groups excluding carboxylic acids is 2. The van der Waals surface area contributed by atoms with Gasteiger partial charge in [0.15, 0.2) is 0 Å². The number of anilines is 1. The normalized spacial score (nSPS) is 18.5. The minimum absolute atomic E-state index is 0.0539. The third kappa shape index (κ3) is 5.36. The van der Waals surface area contributed by atoms with Gasteiger partial charge in [-0.1, -0.05) is 12.1 Å². The summed E-state index contributed by atoms with van der Waals surface area (Å²) in [5.41, 5.74) is 0.0158. The number of alkyl halides is 3. The number of ether oxygens (including phenoxy) is 1. The molecule has 1 fully saturated rings. The molecular weight excluding hydrogens is 456 g/mol. The van der Waals surface area contributed by atoms with Gasteiger partial charge in [0.1, 0.15) is 17.7 Å². The van der Waals surface area contributed by atoms with Crippen molar-refractivity contribution >= 4 is 28.5 Å². The topological polar surface area (TPSA) is 96.1 Å². The van der Waals surface area contributed by atoms with E-state index < -0.39 is 35.4 Å². The van der Waals surface area contributed by atoms with E-state index in [0.29, 0.717) is 12.1 Å². The van der Waals surface area contributed by atoms with Crippen molar-refractivity contribution in [3.8, 4) is 0 Å². The fourth-order valence-corrected chi connectivity index (χ4v) is 3.85. The Morgan fingerprint density at radius 3 is 2.71 bits per heavy atom. The molecule has 34 heavy (non-hydrogen) atoms. The summed E-state index contributed by atoms with van der Waals surface area (Å²) in [5.74, 6) is -1.65. The molecular formula is C23H22F4N4O3. The molecule has 1 aromatic heterocycles. The van der Waals surface area contributed by atoms with E-state index in [1.807, 2.05) is 24.3 Å². The molecule has 0 bridgehead atoms. The molecule has 4 rings (SSSR count). The number of H-pyrrole nitrogens is 1. The van der Waals surface area contributed by atoms with Crippen LogP contribution in [0, 0.1) is 11.7 Å². The van der Waals surface area contributed by atoms with Crippen LogP contribution in [0.4, 0.5) is 23.2 Å². The number of carbonyl (C=O) groups is 2. The fourth-order valence-electron chi connectivity index (χ4n) is 3.85. The summed E-state index contributed by atoms with van der Waals surface area (Å²) in [6.45, 7) is -0.192. The van der Waals surface area contributed by atoms with E-state index in [0.717, 1.165) is 29.3 Å². The first-order valence-electron chi connectivity index (χ1n) is 10.6. The number of para-hydroxylation sites is 2. The molecule has 1 aliphatic rings. The molecule has 0 saturated heterocycles. The van der Waals surface area contributed by atoms with Gasteiger partial charge >= 0.3 is 6.18 Å². The van der Waals surface area contributed by atoms with Crippen LogP contribution >= 0.6 is 0 Å². The van der Waals surface area contributed by atoms with Gasteiger partial charge in [-0.3, -0.25) is 9.59 Å². The quantitative estimate of drug-likeness (QED) is 0.427. The Morgan fingerprint density at radius 1 is 1.24 bits per heavy atom. The number of methoxy groups -OCH3 is 1. The molecule has 2 amide bonds. The van der Waals surface area contributed by atoms with Crippen LogP contribution in [0.15, 0.2) is 42.5 Å². The Bertz CT molecular complexity index is 1180. The van der Waals surface area contributed by atoms with Crippen LogP contribution in [0.2, 0.25) is 0 Å². The maximum absolute atomic E-state index is 13.5. The zero-order valence-corrected chi connectivity index (χ0v) is 18.1. The predicted molar refractivity (Wildman–Crippen MR) is 115 cm³/mol. The van der Waals surface area contributed by atoms with Crippen molar-refractivity contribution in [2.75, 3.05) is 19.0 Å². The summed E-state index contributed by atoms with van der Waals surface area (Å²) in [4.78, 5) is 32.9. The van der Waals surface area contributed by atoms with Crippen molar-refractivity contribution in [3.05, 3.63) is 59.7 Å². The second kappa shape index (κ2) is 9.41. The smallest absolute Gasteiger partial charge is 0.382 e. The highest BCUT2D eigenvalue weighted by Gasteiger charge is 2.42. The number of amides is 2. The molecule has 3 atom stereocenters. The third-order valence-corrected chi connectivity index (χ3v) is 5.65. The van der Waals surface area contributed by atoms with Crippen molar-refractivity contribution < 1.29 is 31.9 Å². The number of aromatic nitrogens is 2. The van der Waals surface area contributed by atoms with Crippen molar-refractivity contribution in [1.82, 2.24) is 15.3 Å². The maximum Gasteiger partial charge on any atom is 0.419 e. The van der Waals surface area contributed by atoms with Crippen LogP contribution in [0.1, 0.15) is 30.1 Å². The fraction of sp³-hybridized carbons (Fsp3) is 0.348. The lowest BCUT2D eigenvalue weighted by atomic mass is 10.1. The number of rotatable bonds is 8. The number of fused-ring (bicyclic) bond motifs is 1. The van der Waals surface area contributed by atoms with Crippen LogP contribution in [-0.4, -0.2) is 41.5 Å². The monoisotopic (exact) mass is 478 g/mol.